The fourth-order valence-corrected chi connectivity index (χ4v) is 1.12. The minimum atomic E-state index is -0.238. The number of halogens is 1. The summed E-state index contributed by atoms with van der Waals surface area (Å²) in [7, 11) is 0. The standard InChI is InChI=1S/C7H4ClNO5/c8-4-1-2-5-6(3-4)11-7(9-5)12-14-13-10/h1-3,10H/p-1. The Bertz CT molecular complexity index is 443. The number of oxazole rings is 1. The number of hydrogen-bond donors (Lipinski definition) is 0. The van der Waals surface area contributed by atoms with E-state index in [4.69, 9.17) is 16.0 Å². The van der Waals surface area contributed by atoms with Crippen LogP contribution in [0, 0.1) is 0 Å². The van der Waals surface area contributed by atoms with E-state index in [0.29, 0.717) is 16.1 Å². The number of rotatable bonds is 3. The van der Waals surface area contributed by atoms with Crippen LogP contribution in [-0.2, 0) is 10.1 Å². The minimum absolute atomic E-state index is 0.238. The van der Waals surface area contributed by atoms with Gasteiger partial charge in [0.2, 0.25) is 0 Å². The molecule has 74 valence electrons. The van der Waals surface area contributed by atoms with Crippen molar-refractivity contribution in [1.82, 2.24) is 4.98 Å². The molecular weight excluding hydrogens is 214 g/mol. The topological polar surface area (TPSA) is 76.8 Å². The third-order valence-corrected chi connectivity index (χ3v) is 1.70. The molecule has 1 heterocycles. The van der Waals surface area contributed by atoms with Crippen molar-refractivity contribution in [1.29, 1.82) is 0 Å². The van der Waals surface area contributed by atoms with Gasteiger partial charge in [-0.25, -0.2) is 4.89 Å². The van der Waals surface area contributed by atoms with E-state index in [-0.39, 0.29) is 6.08 Å². The molecule has 0 fully saturated rings. The highest BCUT2D eigenvalue weighted by molar-refractivity contribution is 6.31. The van der Waals surface area contributed by atoms with Crippen LogP contribution in [0.5, 0.6) is 6.08 Å². The minimum Gasteiger partial charge on any atom is -0.689 e. The Morgan fingerprint density at radius 3 is 3.07 bits per heavy atom. The Morgan fingerprint density at radius 2 is 2.29 bits per heavy atom. The number of aromatic nitrogens is 1. The molecule has 7 heteroatoms. The van der Waals surface area contributed by atoms with Gasteiger partial charge in [-0.3, -0.25) is 5.04 Å². The number of fused-ring (bicyclic) bond motifs is 1. The zero-order chi connectivity index (χ0) is 9.97. The Hall–Kier alpha value is -1.34. The molecule has 0 saturated heterocycles. The van der Waals surface area contributed by atoms with E-state index in [0.717, 1.165) is 0 Å². The van der Waals surface area contributed by atoms with E-state index in [1.165, 1.54) is 0 Å². The Kier molecular flexibility index (Phi) is 2.51. The summed E-state index contributed by atoms with van der Waals surface area (Å²) < 4.78 is 4.99. The van der Waals surface area contributed by atoms with Gasteiger partial charge >= 0.3 is 6.08 Å². The molecular formula is C7H3ClNO5-. The lowest BCUT2D eigenvalue weighted by atomic mass is 10.3. The van der Waals surface area contributed by atoms with Crippen LogP contribution < -0.4 is 10.1 Å². The van der Waals surface area contributed by atoms with Gasteiger partial charge in [-0.05, 0) is 17.2 Å². The normalized spacial score (nSPS) is 10.7. The molecule has 0 N–H and O–H groups in total. The van der Waals surface area contributed by atoms with E-state index in [2.05, 4.69) is 19.9 Å². The quantitative estimate of drug-likeness (QED) is 0.563. The molecule has 1 aromatic heterocycles. The average Bonchev–Trinajstić information content (AvgIpc) is 2.56. The molecule has 6 nitrogen and oxygen atoms in total. The van der Waals surface area contributed by atoms with Crippen LogP contribution in [0.1, 0.15) is 0 Å². The SMILES string of the molecule is [O-]OOOc1nc2ccc(Cl)cc2o1. The zero-order valence-electron chi connectivity index (χ0n) is 6.60. The molecule has 1 aromatic carbocycles. The molecule has 0 radical (unpaired) electrons. The van der Waals surface area contributed by atoms with Gasteiger partial charge in [0.1, 0.15) is 5.52 Å². The van der Waals surface area contributed by atoms with E-state index in [1.54, 1.807) is 18.2 Å². The van der Waals surface area contributed by atoms with E-state index >= 15 is 0 Å². The second kappa shape index (κ2) is 3.81. The second-order valence-electron chi connectivity index (χ2n) is 2.31. The zero-order valence-corrected chi connectivity index (χ0v) is 7.35. The first kappa shape index (κ1) is 9.22. The maximum absolute atomic E-state index is 9.43. The Labute approximate surface area is 82.4 Å². The number of nitrogens with zero attached hydrogens (tertiary/aromatic N) is 1. The van der Waals surface area contributed by atoms with Crippen molar-refractivity contribution in [2.24, 2.45) is 0 Å². The smallest absolute Gasteiger partial charge is 0.430 e. The van der Waals surface area contributed by atoms with Gasteiger partial charge in [0.05, 0.1) is 0 Å². The largest absolute Gasteiger partial charge is 0.689 e. The summed E-state index contributed by atoms with van der Waals surface area (Å²) in [6.45, 7) is 0. The van der Waals surface area contributed by atoms with Crippen LogP contribution in [-0.4, -0.2) is 4.98 Å². The molecule has 0 spiro atoms. The summed E-state index contributed by atoms with van der Waals surface area (Å²) in [5.74, 6) is 0. The highest BCUT2D eigenvalue weighted by Crippen LogP contribution is 2.23. The fraction of sp³-hybridized carbons (Fsp3) is 0. The molecule has 2 rings (SSSR count). The molecule has 14 heavy (non-hydrogen) atoms. The summed E-state index contributed by atoms with van der Waals surface area (Å²) in [5, 5.41) is 16.5. The van der Waals surface area contributed by atoms with Crippen LogP contribution in [0.15, 0.2) is 22.6 Å². The third-order valence-electron chi connectivity index (χ3n) is 1.46. The summed E-state index contributed by atoms with van der Waals surface area (Å²) in [6.07, 6.45) is -0.238. The van der Waals surface area contributed by atoms with Crippen LogP contribution in [0.2, 0.25) is 5.02 Å². The van der Waals surface area contributed by atoms with Crippen LogP contribution in [0.4, 0.5) is 0 Å². The van der Waals surface area contributed by atoms with Crippen LogP contribution >= 0.6 is 11.6 Å². The molecule has 0 aliphatic rings. The predicted octanol–water partition coefficient (Wildman–Crippen LogP) is 0.998. The summed E-state index contributed by atoms with van der Waals surface area (Å²) >= 11 is 5.70. The summed E-state index contributed by atoms with van der Waals surface area (Å²) in [5.41, 5.74) is 0.945. The summed E-state index contributed by atoms with van der Waals surface area (Å²) in [6, 6.07) is 4.82. The van der Waals surface area contributed by atoms with E-state index in [1.807, 2.05) is 0 Å². The van der Waals surface area contributed by atoms with Crippen molar-refractivity contribution < 1.29 is 24.6 Å². The van der Waals surface area contributed by atoms with Crippen molar-refractivity contribution in [3.63, 3.8) is 0 Å². The van der Waals surface area contributed by atoms with Gasteiger partial charge in [0, 0.05) is 11.1 Å². The molecule has 0 bridgehead atoms. The van der Waals surface area contributed by atoms with Gasteiger partial charge in [-0.15, -0.1) is 0 Å². The van der Waals surface area contributed by atoms with E-state index < -0.39 is 0 Å². The first-order chi connectivity index (χ1) is 6.79. The first-order valence-corrected chi connectivity index (χ1v) is 3.86. The average molecular weight is 217 g/mol. The molecule has 0 amide bonds. The van der Waals surface area contributed by atoms with Gasteiger partial charge in [-0.1, -0.05) is 11.6 Å². The highest BCUT2D eigenvalue weighted by atomic mass is 35.5. The second-order valence-corrected chi connectivity index (χ2v) is 2.75. The maximum Gasteiger partial charge on any atom is 0.430 e. The highest BCUT2D eigenvalue weighted by Gasteiger charge is 2.07. The number of benzene rings is 1. The first-order valence-electron chi connectivity index (χ1n) is 3.49. The lowest BCUT2D eigenvalue weighted by Crippen LogP contribution is -2.08. The molecule has 0 aliphatic heterocycles. The lowest BCUT2D eigenvalue weighted by Gasteiger charge is -1.99. The molecule has 0 saturated carbocycles. The lowest BCUT2D eigenvalue weighted by molar-refractivity contribution is -0.839. The maximum atomic E-state index is 9.43. The van der Waals surface area contributed by atoms with Gasteiger partial charge in [0.15, 0.2) is 5.58 Å². The predicted molar refractivity (Wildman–Crippen MR) is 41.8 cm³/mol. The summed E-state index contributed by atoms with van der Waals surface area (Å²) in [4.78, 5) is 8.02. The van der Waals surface area contributed by atoms with Gasteiger partial charge in [0.25, 0.3) is 0 Å². The van der Waals surface area contributed by atoms with Crippen molar-refractivity contribution in [2.45, 2.75) is 0 Å². The van der Waals surface area contributed by atoms with Crippen LogP contribution in [0.25, 0.3) is 11.1 Å². The Balaban J connectivity index is 2.32. The van der Waals surface area contributed by atoms with Gasteiger partial charge < -0.3 is 9.67 Å². The number of hydrogen-bond acceptors (Lipinski definition) is 6. The Morgan fingerprint density at radius 1 is 1.43 bits per heavy atom. The van der Waals surface area contributed by atoms with Crippen molar-refractivity contribution >= 4 is 22.7 Å². The molecule has 2 aromatic rings. The molecule has 0 aliphatic carbocycles. The van der Waals surface area contributed by atoms with Crippen molar-refractivity contribution in [2.75, 3.05) is 0 Å². The fourth-order valence-electron chi connectivity index (χ4n) is 0.956. The van der Waals surface area contributed by atoms with Crippen LogP contribution in [0.3, 0.4) is 0 Å². The monoisotopic (exact) mass is 216 g/mol. The third kappa shape index (κ3) is 1.78. The van der Waals surface area contributed by atoms with Gasteiger partial charge in [-0.2, -0.15) is 4.98 Å². The molecule has 0 atom stereocenters. The van der Waals surface area contributed by atoms with Crippen molar-refractivity contribution in [3.05, 3.63) is 23.2 Å². The van der Waals surface area contributed by atoms with Crippen molar-refractivity contribution in [3.8, 4) is 6.08 Å². The van der Waals surface area contributed by atoms with E-state index in [9.17, 15) is 5.26 Å². The molecule has 0 unspecified atom stereocenters.